The summed E-state index contributed by atoms with van der Waals surface area (Å²) in [5.74, 6) is 1.95. The Kier molecular flexibility index (Phi) is 19.9. The lowest BCUT2D eigenvalue weighted by Gasteiger charge is -2.42. The molecule has 386 valence electrons. The number of carbonyl (C=O) groups excluding carboxylic acids is 4. The molecule has 8 nitrogen and oxygen atoms in total. The quantitative estimate of drug-likeness (QED) is 0.0372. The molecule has 0 spiro atoms. The third-order valence-corrected chi connectivity index (χ3v) is 15.9. The van der Waals surface area contributed by atoms with Crippen molar-refractivity contribution in [2.75, 3.05) is 52.5 Å². The van der Waals surface area contributed by atoms with E-state index in [1.807, 2.05) is 60.7 Å². The molecular weight excluding hydrogens is 964 g/mol. The maximum absolute atomic E-state index is 14.4. The van der Waals surface area contributed by atoms with Gasteiger partial charge in [0, 0.05) is 57.0 Å². The van der Waals surface area contributed by atoms with Crippen LogP contribution in [-0.2, 0) is 20.4 Å². The first-order valence-corrected chi connectivity index (χ1v) is 27.5. The zero-order valence-electron chi connectivity index (χ0n) is 42.7. The van der Waals surface area contributed by atoms with E-state index in [0.717, 1.165) is 121 Å². The van der Waals surface area contributed by atoms with E-state index < -0.39 is 5.41 Å². The minimum absolute atomic E-state index is 0.0428. The number of hydrogen-bond acceptors (Lipinski definition) is 8. The average molecular weight is 1030 g/mol. The van der Waals surface area contributed by atoms with Crippen molar-refractivity contribution in [2.24, 2.45) is 0 Å². The lowest BCUT2D eigenvalue weighted by Crippen LogP contribution is -2.47. The van der Waals surface area contributed by atoms with Crippen molar-refractivity contribution >= 4 is 46.3 Å². The maximum atomic E-state index is 14.4. The molecule has 10 heteroatoms. The van der Waals surface area contributed by atoms with Gasteiger partial charge < -0.3 is 19.3 Å². The topological polar surface area (TPSA) is 93.2 Å². The van der Waals surface area contributed by atoms with Crippen LogP contribution in [0.5, 0.6) is 11.5 Å². The summed E-state index contributed by atoms with van der Waals surface area (Å²) in [4.78, 5) is 59.0. The van der Waals surface area contributed by atoms with E-state index in [-0.39, 0.29) is 28.5 Å². The molecule has 6 aromatic rings. The van der Waals surface area contributed by atoms with Gasteiger partial charge in [-0.2, -0.15) is 0 Å². The summed E-state index contributed by atoms with van der Waals surface area (Å²) in [6.45, 7) is 6.90. The first-order valence-electron chi connectivity index (χ1n) is 26.8. The number of hydrogen-bond donors (Lipinski definition) is 0. The van der Waals surface area contributed by atoms with Gasteiger partial charge in [-0.3, -0.25) is 19.2 Å². The first-order chi connectivity index (χ1) is 36.1. The van der Waals surface area contributed by atoms with Crippen molar-refractivity contribution in [1.82, 2.24) is 9.80 Å². The van der Waals surface area contributed by atoms with E-state index in [1.54, 1.807) is 60.7 Å². The van der Waals surface area contributed by atoms with E-state index in [0.29, 0.717) is 71.2 Å². The molecule has 0 bridgehead atoms. The second-order valence-electron chi connectivity index (χ2n) is 20.3. The Bertz CT molecular complexity index is 2710. The van der Waals surface area contributed by atoms with E-state index in [2.05, 4.69) is 46.2 Å². The number of nitrogens with zero attached hydrogens (tertiary/aromatic N) is 2. The van der Waals surface area contributed by atoms with Gasteiger partial charge >= 0.3 is 0 Å². The predicted octanol–water partition coefficient (Wildman–Crippen LogP) is 14.0. The number of piperidine rings is 2. The van der Waals surface area contributed by atoms with E-state index >= 15 is 0 Å². The van der Waals surface area contributed by atoms with Crippen molar-refractivity contribution in [1.29, 1.82) is 0 Å². The Balaban J connectivity index is 0.730. The Morgan fingerprint density at radius 1 is 0.432 bits per heavy atom. The molecule has 2 aliphatic heterocycles. The van der Waals surface area contributed by atoms with Gasteiger partial charge in [0.15, 0.2) is 11.6 Å². The molecule has 2 fully saturated rings. The predicted molar refractivity (Wildman–Crippen MR) is 297 cm³/mol. The van der Waals surface area contributed by atoms with Crippen molar-refractivity contribution in [3.05, 3.63) is 201 Å². The summed E-state index contributed by atoms with van der Waals surface area (Å²) in [7, 11) is 0. The van der Waals surface area contributed by atoms with Crippen LogP contribution in [0.1, 0.15) is 133 Å². The fourth-order valence-electron chi connectivity index (χ4n) is 10.9. The van der Waals surface area contributed by atoms with E-state index in [9.17, 15) is 19.2 Å². The molecule has 0 aromatic heterocycles. The van der Waals surface area contributed by atoms with Crippen LogP contribution in [0.4, 0.5) is 0 Å². The third kappa shape index (κ3) is 14.9. The van der Waals surface area contributed by atoms with Crippen LogP contribution in [0.2, 0.25) is 10.0 Å². The molecule has 0 atom stereocenters. The Morgan fingerprint density at radius 2 is 0.838 bits per heavy atom. The molecule has 74 heavy (non-hydrogen) atoms. The van der Waals surface area contributed by atoms with Gasteiger partial charge in [0.2, 0.25) is 0 Å². The minimum Gasteiger partial charge on any atom is -0.494 e. The second-order valence-corrected chi connectivity index (χ2v) is 21.2. The number of halogens is 2. The largest absolute Gasteiger partial charge is 0.494 e. The van der Waals surface area contributed by atoms with E-state index in [4.69, 9.17) is 32.7 Å². The van der Waals surface area contributed by atoms with Crippen LogP contribution in [0.3, 0.4) is 0 Å². The van der Waals surface area contributed by atoms with Crippen molar-refractivity contribution < 1.29 is 28.7 Å². The molecule has 8 rings (SSSR count). The molecule has 6 aromatic carbocycles. The number of carbonyl (C=O) groups is 4. The Hall–Kier alpha value is -5.90. The fourth-order valence-corrected chi connectivity index (χ4v) is 11.2. The molecule has 2 heterocycles. The van der Waals surface area contributed by atoms with Crippen LogP contribution in [-0.4, -0.2) is 85.4 Å². The number of ether oxygens (including phenoxy) is 2. The lowest BCUT2D eigenvalue weighted by atomic mass is 9.68. The van der Waals surface area contributed by atoms with Crippen molar-refractivity contribution in [3.63, 3.8) is 0 Å². The molecule has 2 aliphatic rings. The van der Waals surface area contributed by atoms with Crippen LogP contribution in [0, 0.1) is 0 Å². The smallest absolute Gasteiger partial charge is 0.193 e. The van der Waals surface area contributed by atoms with Crippen LogP contribution >= 0.6 is 23.2 Å². The van der Waals surface area contributed by atoms with Gasteiger partial charge in [-0.25, -0.2) is 0 Å². The minimum atomic E-state index is -0.525. The fraction of sp³-hybridized carbons (Fsp3) is 0.375. The highest BCUT2D eigenvalue weighted by molar-refractivity contribution is 6.31. The molecular formula is C64H70Cl2N2O6. The number of unbranched alkanes of at least 4 members (excludes halogenated alkanes) is 4. The standard InChI is InChI=1S/C64H70Cl2N2O6/c65-55-28-20-49(21-29-55)61(71)51-24-32-58(33-25-51)73-46-11-3-9-40-67-42-36-63(37-43-67,53-14-5-1-6-15-53)48-57(69)18-13-19-60(70)64(54-16-7-2-8-17-54)38-44-68(45-39-64)41-10-4-12-47-74-59-34-26-52(27-35-59)62(72)50-22-30-56(66)31-23-50/h1-2,5-8,14-17,20-35H,3-4,9-13,18-19,36-48H2. The summed E-state index contributed by atoms with van der Waals surface area (Å²) >= 11 is 12.0. The highest BCUT2D eigenvalue weighted by atomic mass is 35.5. The van der Waals surface area contributed by atoms with Crippen LogP contribution in [0.15, 0.2) is 158 Å². The zero-order chi connectivity index (χ0) is 51.6. The van der Waals surface area contributed by atoms with Gasteiger partial charge in [0.1, 0.15) is 23.1 Å². The van der Waals surface area contributed by atoms with E-state index in [1.165, 1.54) is 5.56 Å². The highest BCUT2D eigenvalue weighted by Gasteiger charge is 2.42. The number of benzene rings is 6. The van der Waals surface area contributed by atoms with Gasteiger partial charge in [0.05, 0.1) is 18.6 Å². The summed E-state index contributed by atoms with van der Waals surface area (Å²) in [6.07, 6.45) is 11.5. The van der Waals surface area contributed by atoms with Gasteiger partial charge in [-0.1, -0.05) is 83.9 Å². The summed E-state index contributed by atoms with van der Waals surface area (Å²) in [6, 6.07) is 49.4. The molecule has 2 saturated heterocycles. The van der Waals surface area contributed by atoms with Gasteiger partial charge in [-0.05, 0) is 218 Å². The molecule has 0 N–H and O–H groups in total. The number of Topliss-reactive ketones (excluding diaryl/α,β-unsaturated/α-hetero) is 2. The molecule has 0 aliphatic carbocycles. The summed E-state index contributed by atoms with van der Waals surface area (Å²) < 4.78 is 12.0. The van der Waals surface area contributed by atoms with Gasteiger partial charge in [0.25, 0.3) is 0 Å². The summed E-state index contributed by atoms with van der Waals surface area (Å²) in [5, 5.41) is 1.20. The molecule has 0 unspecified atom stereocenters. The zero-order valence-corrected chi connectivity index (χ0v) is 44.2. The monoisotopic (exact) mass is 1030 g/mol. The van der Waals surface area contributed by atoms with Crippen molar-refractivity contribution in [2.45, 2.75) is 101 Å². The van der Waals surface area contributed by atoms with Crippen LogP contribution < -0.4 is 9.47 Å². The van der Waals surface area contributed by atoms with Gasteiger partial charge in [-0.15, -0.1) is 0 Å². The average Bonchev–Trinajstić information content (AvgIpc) is 3.44. The molecule has 0 saturated carbocycles. The highest BCUT2D eigenvalue weighted by Crippen LogP contribution is 2.41. The number of likely N-dealkylation sites (tertiary alicyclic amines) is 2. The normalized spacial score (nSPS) is 15.5. The Morgan fingerprint density at radius 3 is 1.28 bits per heavy atom. The summed E-state index contributed by atoms with van der Waals surface area (Å²) in [5.41, 5.74) is 4.07. The first kappa shape index (κ1) is 54.4. The second kappa shape index (κ2) is 27.1. The number of rotatable bonds is 27. The Labute approximate surface area is 448 Å². The number of ketones is 4. The SMILES string of the molecule is O=C(CCCC(=O)C1(c2ccccc2)CCN(CCCCCOc2ccc(C(=O)c3ccc(Cl)cc3)cc2)CC1)CC1(c2ccccc2)CCN(CCCCCOc2ccc(C(=O)c3ccc(Cl)cc3)cc2)CC1. The maximum Gasteiger partial charge on any atom is 0.193 e. The lowest BCUT2D eigenvalue weighted by molar-refractivity contribution is -0.127. The van der Waals surface area contributed by atoms with Crippen LogP contribution in [0.25, 0.3) is 0 Å². The van der Waals surface area contributed by atoms with Crippen molar-refractivity contribution in [3.8, 4) is 11.5 Å². The molecule has 0 radical (unpaired) electrons. The third-order valence-electron chi connectivity index (χ3n) is 15.4. The molecule has 0 amide bonds.